The molecule has 0 saturated heterocycles. The average molecular weight is 794 g/mol. The first-order valence-corrected chi connectivity index (χ1v) is 18.3. The van der Waals surface area contributed by atoms with Crippen LogP contribution in [0.4, 0.5) is 0 Å². The van der Waals surface area contributed by atoms with Crippen molar-refractivity contribution in [3.8, 4) is 0 Å². The van der Waals surface area contributed by atoms with Gasteiger partial charge in [-0.3, -0.25) is 28.8 Å². The van der Waals surface area contributed by atoms with Gasteiger partial charge in [-0.05, 0) is 48.0 Å². The number of nitrogens with zero attached hydrogens (tertiary/aromatic N) is 3. The Morgan fingerprint density at radius 1 is 0.674 bits per heavy atom. The number of rotatable bonds is 12. The van der Waals surface area contributed by atoms with E-state index in [1.807, 2.05) is 0 Å². The van der Waals surface area contributed by atoms with Crippen molar-refractivity contribution in [2.45, 2.75) is 73.0 Å². The first kappa shape index (κ1) is 50.9. The molecule has 3 N–H and O–H groups in total. The van der Waals surface area contributed by atoms with Gasteiger partial charge in [0.25, 0.3) is 0 Å². The SMILES string of the molecule is CN(C)C(=O)C(C)(C)[C@@H](O)CCO.COC(=O)CC(=O)C(C)(C)C(=O)N(C)C.COC(=O)C[C@H](O)C(C)(C)C(=O)N(C)C.[Cl][Ru][Cl]. The third kappa shape index (κ3) is 19.1. The monoisotopic (exact) mass is 793 g/mol. The fraction of sp³-hybridized carbons (Fsp3) is 0.793. The molecule has 274 valence electrons. The van der Waals surface area contributed by atoms with Crippen LogP contribution < -0.4 is 0 Å². The molecule has 0 aromatic heterocycles. The second kappa shape index (κ2) is 24.3. The predicted octanol–water partition coefficient (Wildman–Crippen LogP) is 1.48. The van der Waals surface area contributed by atoms with Crippen LogP contribution in [0.2, 0.25) is 0 Å². The van der Waals surface area contributed by atoms with Crippen molar-refractivity contribution in [3.05, 3.63) is 0 Å². The van der Waals surface area contributed by atoms with E-state index in [2.05, 4.69) is 9.47 Å². The van der Waals surface area contributed by atoms with E-state index in [9.17, 15) is 39.0 Å². The van der Waals surface area contributed by atoms with Crippen molar-refractivity contribution >= 4 is 54.8 Å². The zero-order valence-corrected chi connectivity index (χ0v) is 32.8. The fourth-order valence-corrected chi connectivity index (χ4v) is 3.52. The third-order valence-corrected chi connectivity index (χ3v) is 6.74. The molecule has 0 saturated carbocycles. The molecule has 0 fully saturated rings. The summed E-state index contributed by atoms with van der Waals surface area (Å²) in [6.07, 6.45) is -2.16. The number of hydrogen-bond acceptors (Lipinski definition) is 11. The molecule has 0 spiro atoms. The standard InChI is InChI=1S/C10H19NO4.C10H17NO4.C9H19NO3.2ClH.Ru/c2*1-10(2,9(14)11(3)4)7(12)6-8(13)15-5;1-9(2,7(12)5-6-11)8(13)10(3)4;;;/h7,12H,6H2,1-5H3;6H2,1-5H3;7,11-12H,5-6H2,1-4H3;2*1H;/q;;;;;+2/p-2/t7-;;7-;;;/m0.0.../s1. The summed E-state index contributed by atoms with van der Waals surface area (Å²) in [4.78, 5) is 72.5. The van der Waals surface area contributed by atoms with Crippen molar-refractivity contribution in [1.82, 2.24) is 14.7 Å². The maximum absolute atomic E-state index is 11.7. The Hall–Kier alpha value is -1.90. The van der Waals surface area contributed by atoms with E-state index in [4.69, 9.17) is 24.5 Å². The summed E-state index contributed by atoms with van der Waals surface area (Å²) in [5, 5.41) is 28.0. The van der Waals surface area contributed by atoms with Gasteiger partial charge in [-0.2, -0.15) is 0 Å². The van der Waals surface area contributed by atoms with Crippen LogP contribution >= 0.6 is 19.4 Å². The van der Waals surface area contributed by atoms with E-state index in [0.29, 0.717) is 0 Å². The number of ketones is 1. The fourth-order valence-electron chi connectivity index (χ4n) is 3.52. The molecule has 0 aromatic carbocycles. The zero-order chi connectivity index (χ0) is 37.8. The number of esters is 2. The van der Waals surface area contributed by atoms with Gasteiger partial charge in [-0.25, -0.2) is 0 Å². The summed E-state index contributed by atoms with van der Waals surface area (Å²) in [7, 11) is 21.8. The molecule has 0 aliphatic rings. The van der Waals surface area contributed by atoms with Crippen LogP contribution in [0, 0.1) is 16.2 Å². The van der Waals surface area contributed by atoms with Crippen molar-refractivity contribution in [2.75, 3.05) is 63.1 Å². The Morgan fingerprint density at radius 3 is 1.28 bits per heavy atom. The Morgan fingerprint density at radius 2 is 1.00 bits per heavy atom. The van der Waals surface area contributed by atoms with Crippen molar-refractivity contribution in [2.24, 2.45) is 16.2 Å². The number of methoxy groups -OCH3 is 2. The molecule has 0 aliphatic carbocycles. The number of aliphatic hydroxyl groups is 3. The topological polar surface area (TPSA) is 191 Å². The third-order valence-electron chi connectivity index (χ3n) is 6.74. The van der Waals surface area contributed by atoms with Gasteiger partial charge in [0.05, 0.1) is 43.7 Å². The number of carbonyl (C=O) groups excluding carboxylic acids is 6. The number of Topliss-reactive ketones (excluding diaryl/α,β-unsaturated/α-hetero) is 1. The van der Waals surface area contributed by atoms with E-state index in [-0.39, 0.29) is 58.7 Å². The Balaban J connectivity index is -0.000000276. The molecule has 0 heterocycles. The summed E-state index contributed by atoms with van der Waals surface area (Å²) in [6.45, 7) is 9.45. The summed E-state index contributed by atoms with van der Waals surface area (Å²) in [5.41, 5.74) is -3.00. The van der Waals surface area contributed by atoms with Crippen LogP contribution in [0.1, 0.15) is 60.8 Å². The quantitative estimate of drug-likeness (QED) is 0.147. The Labute approximate surface area is 289 Å². The molecule has 0 aliphatic heterocycles. The van der Waals surface area contributed by atoms with Crippen LogP contribution in [0.3, 0.4) is 0 Å². The first-order chi connectivity index (χ1) is 20.7. The van der Waals surface area contributed by atoms with Gasteiger partial charge in [0.1, 0.15) is 11.8 Å². The van der Waals surface area contributed by atoms with Crippen LogP contribution in [0.5, 0.6) is 0 Å². The molecule has 14 nitrogen and oxygen atoms in total. The first-order valence-electron chi connectivity index (χ1n) is 13.9. The second-order valence-corrected chi connectivity index (χ2v) is 14.9. The Kier molecular flexibility index (Phi) is 26.9. The minimum atomic E-state index is -1.18. The van der Waals surface area contributed by atoms with Gasteiger partial charge in [-0.15, -0.1) is 0 Å². The number of carbonyl (C=O) groups is 6. The molecule has 17 heteroatoms. The van der Waals surface area contributed by atoms with Crippen LogP contribution in [-0.2, 0) is 53.4 Å². The summed E-state index contributed by atoms with van der Waals surface area (Å²) < 4.78 is 8.80. The molecular weight excluding hydrogens is 738 g/mol. The van der Waals surface area contributed by atoms with E-state index >= 15 is 0 Å². The number of aliphatic hydroxyl groups excluding tert-OH is 3. The van der Waals surface area contributed by atoms with E-state index in [0.717, 1.165) is 0 Å². The van der Waals surface area contributed by atoms with E-state index in [1.165, 1.54) is 42.8 Å². The van der Waals surface area contributed by atoms with Crippen molar-refractivity contribution < 1.29 is 68.7 Å². The normalized spacial score (nSPS) is 12.2. The van der Waals surface area contributed by atoms with E-state index < -0.39 is 46.2 Å². The van der Waals surface area contributed by atoms with Crippen molar-refractivity contribution in [3.63, 3.8) is 0 Å². The van der Waals surface area contributed by atoms with Crippen LogP contribution in [-0.4, -0.2) is 141 Å². The molecule has 0 radical (unpaired) electrons. The number of ether oxygens (including phenoxy) is 2. The van der Waals surface area contributed by atoms with Gasteiger partial charge in [0.2, 0.25) is 17.7 Å². The molecule has 0 unspecified atom stereocenters. The maximum atomic E-state index is 11.7. The van der Waals surface area contributed by atoms with Gasteiger partial charge in [-0.1, -0.05) is 0 Å². The van der Waals surface area contributed by atoms with Gasteiger partial charge in [0, 0.05) is 48.9 Å². The molecule has 46 heavy (non-hydrogen) atoms. The predicted molar refractivity (Wildman–Crippen MR) is 171 cm³/mol. The molecule has 0 bridgehead atoms. The number of halogens is 2. The number of hydrogen-bond donors (Lipinski definition) is 3. The van der Waals surface area contributed by atoms with Gasteiger partial charge < -0.3 is 39.5 Å². The summed E-state index contributed by atoms with van der Waals surface area (Å²) >= 11 is -0.346. The van der Waals surface area contributed by atoms with E-state index in [1.54, 1.807) is 70.0 Å². The Bertz CT molecular complexity index is 976. The van der Waals surface area contributed by atoms with Gasteiger partial charge in [0.15, 0.2) is 5.78 Å². The number of amides is 3. The zero-order valence-electron chi connectivity index (χ0n) is 29.5. The molecular formula is C29H55Cl2N3O11Ru. The summed E-state index contributed by atoms with van der Waals surface area (Å²) in [5.74, 6) is -2.27. The molecule has 0 aromatic rings. The molecule has 2 atom stereocenters. The van der Waals surface area contributed by atoms with Crippen molar-refractivity contribution in [1.29, 1.82) is 0 Å². The van der Waals surface area contributed by atoms with Gasteiger partial charge >= 0.3 is 46.5 Å². The second-order valence-electron chi connectivity index (χ2n) is 12.2. The molecule has 0 rings (SSSR count). The minimum absolute atomic E-state index is 0.106. The molecule has 3 amide bonds. The summed E-state index contributed by atoms with van der Waals surface area (Å²) in [6, 6.07) is 0. The average Bonchev–Trinajstić information content (AvgIpc) is 2.96. The van der Waals surface area contributed by atoms with Crippen LogP contribution in [0.15, 0.2) is 0 Å². The van der Waals surface area contributed by atoms with Crippen LogP contribution in [0.25, 0.3) is 0 Å².